The number of rotatable bonds is 3. The average molecular weight is 304 g/mol. The largest absolute Gasteiger partial charge is 0.361 e. The second-order valence-electron chi connectivity index (χ2n) is 6.40. The molecule has 3 heteroatoms. The highest BCUT2D eigenvalue weighted by Crippen LogP contribution is 2.32. The molecule has 0 saturated heterocycles. The molecule has 3 aromatic rings. The van der Waals surface area contributed by atoms with Gasteiger partial charge in [-0.3, -0.25) is 4.79 Å². The van der Waals surface area contributed by atoms with Gasteiger partial charge < -0.3 is 9.88 Å². The first-order valence-electron chi connectivity index (χ1n) is 8.10. The summed E-state index contributed by atoms with van der Waals surface area (Å²) in [7, 11) is 0. The summed E-state index contributed by atoms with van der Waals surface area (Å²) in [5.41, 5.74) is 5.35. The van der Waals surface area contributed by atoms with Crippen LogP contribution in [0.25, 0.3) is 10.9 Å². The molecule has 3 nitrogen and oxygen atoms in total. The van der Waals surface area contributed by atoms with E-state index < -0.39 is 0 Å². The lowest BCUT2D eigenvalue weighted by Crippen LogP contribution is -2.34. The molecule has 23 heavy (non-hydrogen) atoms. The second kappa shape index (κ2) is 5.27. The van der Waals surface area contributed by atoms with E-state index in [2.05, 4.69) is 35.0 Å². The topological polar surface area (TPSA) is 36.1 Å². The molecule has 4 rings (SSSR count). The van der Waals surface area contributed by atoms with Gasteiger partial charge in [0.25, 0.3) is 0 Å². The molecule has 0 bridgehead atoms. The molecular formula is C20H20N2O. The maximum atomic E-state index is 13.0. The summed E-state index contributed by atoms with van der Waals surface area (Å²) < 4.78 is 0. The van der Waals surface area contributed by atoms with Crippen LogP contribution in [0.2, 0.25) is 0 Å². The molecule has 0 amide bonds. The molecule has 2 aromatic carbocycles. The van der Waals surface area contributed by atoms with Crippen molar-refractivity contribution in [3.63, 3.8) is 0 Å². The van der Waals surface area contributed by atoms with Crippen LogP contribution >= 0.6 is 0 Å². The molecule has 1 N–H and O–H groups in total. The maximum absolute atomic E-state index is 13.0. The second-order valence-corrected chi connectivity index (χ2v) is 6.40. The molecule has 1 aromatic heterocycles. The van der Waals surface area contributed by atoms with E-state index in [0.717, 1.165) is 28.6 Å². The number of anilines is 1. The lowest BCUT2D eigenvalue weighted by Gasteiger charge is -2.24. The first-order chi connectivity index (χ1) is 11.1. The van der Waals surface area contributed by atoms with Crippen LogP contribution in [-0.2, 0) is 6.42 Å². The summed E-state index contributed by atoms with van der Waals surface area (Å²) in [5.74, 6) is 0.184. The number of nitrogens with one attached hydrogen (secondary N) is 1. The number of hydrogen-bond donors (Lipinski definition) is 1. The fourth-order valence-corrected chi connectivity index (χ4v) is 3.74. The van der Waals surface area contributed by atoms with E-state index in [1.165, 1.54) is 11.3 Å². The first kappa shape index (κ1) is 14.1. The van der Waals surface area contributed by atoms with Gasteiger partial charge in [-0.2, -0.15) is 0 Å². The van der Waals surface area contributed by atoms with Gasteiger partial charge in [-0.1, -0.05) is 36.4 Å². The summed E-state index contributed by atoms with van der Waals surface area (Å²) in [6.07, 6.45) is 1.01. The number of Topliss-reactive ketones (excluding diaryl/α,β-unsaturated/α-hetero) is 1. The van der Waals surface area contributed by atoms with Crippen LogP contribution in [-0.4, -0.2) is 23.4 Å². The van der Waals surface area contributed by atoms with Crippen LogP contribution in [0.1, 0.15) is 28.5 Å². The molecule has 116 valence electrons. The van der Waals surface area contributed by atoms with Crippen LogP contribution in [0.3, 0.4) is 0 Å². The summed E-state index contributed by atoms with van der Waals surface area (Å²) >= 11 is 0. The van der Waals surface area contributed by atoms with Gasteiger partial charge in [0.2, 0.25) is 0 Å². The van der Waals surface area contributed by atoms with Crippen molar-refractivity contribution >= 4 is 22.4 Å². The minimum Gasteiger partial charge on any atom is -0.361 e. The van der Waals surface area contributed by atoms with Gasteiger partial charge in [0.05, 0.1) is 6.54 Å². The molecule has 0 aliphatic carbocycles. The van der Waals surface area contributed by atoms with E-state index in [0.29, 0.717) is 12.6 Å². The van der Waals surface area contributed by atoms with Crippen molar-refractivity contribution < 1.29 is 4.79 Å². The van der Waals surface area contributed by atoms with E-state index in [9.17, 15) is 4.79 Å². The maximum Gasteiger partial charge on any atom is 0.184 e. The first-order valence-corrected chi connectivity index (χ1v) is 8.10. The summed E-state index contributed by atoms with van der Waals surface area (Å²) in [6.45, 7) is 4.60. The summed E-state index contributed by atoms with van der Waals surface area (Å²) in [4.78, 5) is 18.5. The Morgan fingerprint density at radius 1 is 1.17 bits per heavy atom. The van der Waals surface area contributed by atoms with Crippen molar-refractivity contribution in [2.45, 2.75) is 26.3 Å². The third kappa shape index (κ3) is 2.24. The van der Waals surface area contributed by atoms with Crippen molar-refractivity contribution in [3.8, 4) is 0 Å². The molecule has 1 atom stereocenters. The molecule has 0 saturated carbocycles. The third-order valence-electron chi connectivity index (χ3n) is 4.83. The molecule has 0 radical (unpaired) electrons. The third-order valence-corrected chi connectivity index (χ3v) is 4.83. The lowest BCUT2D eigenvalue weighted by molar-refractivity contribution is 0.0998. The molecule has 1 aliphatic heterocycles. The Morgan fingerprint density at radius 2 is 1.91 bits per heavy atom. The number of aryl methyl sites for hydroxylation is 1. The van der Waals surface area contributed by atoms with Crippen molar-refractivity contribution in [2.24, 2.45) is 0 Å². The Balaban J connectivity index is 1.69. The monoisotopic (exact) mass is 304 g/mol. The molecule has 2 heterocycles. The predicted octanol–water partition coefficient (Wildman–Crippen LogP) is 4.11. The Morgan fingerprint density at radius 3 is 2.78 bits per heavy atom. The zero-order valence-electron chi connectivity index (χ0n) is 13.5. The van der Waals surface area contributed by atoms with Crippen LogP contribution < -0.4 is 4.90 Å². The predicted molar refractivity (Wildman–Crippen MR) is 94.3 cm³/mol. The zero-order valence-corrected chi connectivity index (χ0v) is 13.5. The van der Waals surface area contributed by atoms with E-state index in [-0.39, 0.29) is 5.78 Å². The Kier molecular flexibility index (Phi) is 3.22. The smallest absolute Gasteiger partial charge is 0.184 e. The Hall–Kier alpha value is -2.55. The van der Waals surface area contributed by atoms with Crippen LogP contribution in [0, 0.1) is 6.92 Å². The molecule has 0 spiro atoms. The van der Waals surface area contributed by atoms with Crippen LogP contribution in [0.4, 0.5) is 5.69 Å². The SMILES string of the molecule is Cc1[nH]c2ccccc2c1C(=O)CN1c2ccccc2C[C@@H]1C. The van der Waals surface area contributed by atoms with Gasteiger partial charge >= 0.3 is 0 Å². The Bertz CT molecular complexity index is 894. The number of benzene rings is 2. The van der Waals surface area contributed by atoms with E-state index in [1.54, 1.807) is 0 Å². The number of carbonyl (C=O) groups is 1. The molecule has 0 fully saturated rings. The number of fused-ring (bicyclic) bond motifs is 2. The Labute approximate surface area is 135 Å². The van der Waals surface area contributed by atoms with Gasteiger partial charge in [-0.05, 0) is 38.0 Å². The van der Waals surface area contributed by atoms with Gasteiger partial charge in [-0.15, -0.1) is 0 Å². The van der Waals surface area contributed by atoms with Crippen molar-refractivity contribution in [3.05, 3.63) is 65.4 Å². The quantitative estimate of drug-likeness (QED) is 0.739. The van der Waals surface area contributed by atoms with Crippen molar-refractivity contribution in [1.29, 1.82) is 0 Å². The minimum atomic E-state index is 0.184. The molecule has 0 unspecified atom stereocenters. The normalized spacial score (nSPS) is 16.8. The van der Waals surface area contributed by atoms with E-state index in [4.69, 9.17) is 0 Å². The lowest BCUT2D eigenvalue weighted by atomic mass is 10.1. The van der Waals surface area contributed by atoms with Crippen LogP contribution in [0.15, 0.2) is 48.5 Å². The molecular weight excluding hydrogens is 284 g/mol. The van der Waals surface area contributed by atoms with Crippen molar-refractivity contribution in [1.82, 2.24) is 4.98 Å². The zero-order chi connectivity index (χ0) is 16.0. The van der Waals surface area contributed by atoms with Gasteiger partial charge in [0.15, 0.2) is 5.78 Å². The summed E-state index contributed by atoms with van der Waals surface area (Å²) in [5, 5.41) is 1.02. The number of ketones is 1. The number of para-hydroxylation sites is 2. The highest BCUT2D eigenvalue weighted by molar-refractivity contribution is 6.11. The molecule has 1 aliphatic rings. The van der Waals surface area contributed by atoms with Gasteiger partial charge in [-0.25, -0.2) is 0 Å². The highest BCUT2D eigenvalue weighted by atomic mass is 16.1. The standard InChI is InChI=1S/C20H20N2O/c1-13-11-15-7-3-6-10-18(15)22(13)12-19(23)20-14(2)21-17-9-5-4-8-16(17)20/h3-10,13,21H,11-12H2,1-2H3/t13-/m0/s1. The average Bonchev–Trinajstić information content (AvgIpc) is 3.04. The van der Waals surface area contributed by atoms with Gasteiger partial charge in [0, 0.05) is 33.9 Å². The fraction of sp³-hybridized carbons (Fsp3) is 0.250. The van der Waals surface area contributed by atoms with Crippen molar-refractivity contribution in [2.75, 3.05) is 11.4 Å². The minimum absolute atomic E-state index is 0.184. The fourth-order valence-electron chi connectivity index (χ4n) is 3.74. The number of aromatic nitrogens is 1. The van der Waals surface area contributed by atoms with E-state index in [1.807, 2.05) is 37.3 Å². The van der Waals surface area contributed by atoms with E-state index >= 15 is 0 Å². The number of nitrogens with zero attached hydrogens (tertiary/aromatic N) is 1. The van der Waals surface area contributed by atoms with Gasteiger partial charge in [0.1, 0.15) is 0 Å². The number of aromatic amines is 1. The number of H-pyrrole nitrogens is 1. The summed E-state index contributed by atoms with van der Waals surface area (Å²) in [6, 6.07) is 16.8. The highest BCUT2D eigenvalue weighted by Gasteiger charge is 2.28. The number of carbonyl (C=O) groups excluding carboxylic acids is 1. The number of hydrogen-bond acceptors (Lipinski definition) is 2. The van der Waals surface area contributed by atoms with Crippen LogP contribution in [0.5, 0.6) is 0 Å².